The normalized spacial score (nSPS) is 28.2. The number of anilines is 1. The van der Waals surface area contributed by atoms with Gasteiger partial charge in [-0.25, -0.2) is 13.8 Å². The maximum atomic E-state index is 13.3. The molecule has 4 atom stereocenters. The van der Waals surface area contributed by atoms with Crippen LogP contribution in [0.2, 0.25) is 0 Å². The molecule has 0 radical (unpaired) electrons. The number of alkyl halides is 5. The first kappa shape index (κ1) is 22.5. The molecule has 0 spiro atoms. The zero-order valence-corrected chi connectivity index (χ0v) is 17.9. The Labute approximate surface area is 187 Å². The van der Waals surface area contributed by atoms with E-state index in [1.54, 1.807) is 6.07 Å². The van der Waals surface area contributed by atoms with Crippen LogP contribution in [0.4, 0.5) is 27.8 Å². The second-order valence-corrected chi connectivity index (χ2v) is 9.16. The van der Waals surface area contributed by atoms with Gasteiger partial charge in [-0.05, 0) is 43.2 Å². The second kappa shape index (κ2) is 8.50. The fourth-order valence-electron chi connectivity index (χ4n) is 5.64. The molecular formula is C22H26F5N5O. The quantitative estimate of drug-likeness (QED) is 0.667. The van der Waals surface area contributed by atoms with Crippen molar-refractivity contribution in [1.29, 1.82) is 0 Å². The number of rotatable bonds is 5. The molecule has 2 aromatic rings. The van der Waals surface area contributed by atoms with Gasteiger partial charge in [0.15, 0.2) is 0 Å². The molecule has 1 aliphatic heterocycles. The van der Waals surface area contributed by atoms with Crippen LogP contribution in [0, 0.1) is 11.8 Å². The summed E-state index contributed by atoms with van der Waals surface area (Å²) >= 11 is 0. The van der Waals surface area contributed by atoms with Crippen LogP contribution in [0.3, 0.4) is 0 Å². The van der Waals surface area contributed by atoms with Gasteiger partial charge < -0.3 is 10.5 Å². The van der Waals surface area contributed by atoms with Gasteiger partial charge in [-0.2, -0.15) is 18.3 Å². The van der Waals surface area contributed by atoms with E-state index in [4.69, 9.17) is 10.5 Å². The minimum Gasteiger partial charge on any atom is -0.383 e. The van der Waals surface area contributed by atoms with Gasteiger partial charge in [0, 0.05) is 49.1 Å². The standard InChI is InChI=1S/C22H26F5N5O/c23-19(24)11-32-18(9-17(30-32)12-6-16(22(25,26)27)21(28)29-10-12)20-14-7-13(8-15(14)20)31-2-1-4-33-5-3-31/h6,9-10,13-15,19-20H,1-5,7-8,11H2,(H2,28,29)/t13-,14-,15+,20-. The van der Waals surface area contributed by atoms with Gasteiger partial charge in [-0.15, -0.1) is 0 Å². The van der Waals surface area contributed by atoms with Crippen molar-refractivity contribution in [3.63, 3.8) is 0 Å². The number of aromatic nitrogens is 3. The maximum Gasteiger partial charge on any atom is 0.419 e. The van der Waals surface area contributed by atoms with Gasteiger partial charge in [0.05, 0.1) is 17.9 Å². The fourth-order valence-corrected chi connectivity index (χ4v) is 5.64. The first-order chi connectivity index (χ1) is 15.7. The Morgan fingerprint density at radius 1 is 1.12 bits per heavy atom. The zero-order chi connectivity index (χ0) is 23.3. The molecule has 0 amide bonds. The third kappa shape index (κ3) is 4.44. The summed E-state index contributed by atoms with van der Waals surface area (Å²) in [6, 6.07) is 3.00. The lowest BCUT2D eigenvalue weighted by atomic mass is 10.0. The van der Waals surface area contributed by atoms with Crippen molar-refractivity contribution in [3.05, 3.63) is 29.6 Å². The van der Waals surface area contributed by atoms with Gasteiger partial charge in [0.2, 0.25) is 0 Å². The first-order valence-corrected chi connectivity index (χ1v) is 11.2. The van der Waals surface area contributed by atoms with Crippen molar-refractivity contribution in [2.24, 2.45) is 11.8 Å². The van der Waals surface area contributed by atoms with Crippen LogP contribution in [0.15, 0.2) is 18.3 Å². The average Bonchev–Trinajstić information content (AvgIpc) is 3.13. The molecule has 2 aliphatic carbocycles. The summed E-state index contributed by atoms with van der Waals surface area (Å²) in [6.07, 6.45) is -3.08. The Morgan fingerprint density at radius 3 is 2.58 bits per heavy atom. The summed E-state index contributed by atoms with van der Waals surface area (Å²) in [7, 11) is 0. The third-order valence-corrected chi connectivity index (χ3v) is 7.18. The second-order valence-electron chi connectivity index (χ2n) is 9.16. The molecule has 3 fully saturated rings. The van der Waals surface area contributed by atoms with E-state index in [0.29, 0.717) is 23.6 Å². The Balaban J connectivity index is 1.37. The van der Waals surface area contributed by atoms with E-state index in [1.165, 1.54) is 10.9 Å². The summed E-state index contributed by atoms with van der Waals surface area (Å²) in [4.78, 5) is 6.12. The topological polar surface area (TPSA) is 69.2 Å². The molecule has 2 aromatic heterocycles. The first-order valence-electron chi connectivity index (χ1n) is 11.2. The summed E-state index contributed by atoms with van der Waals surface area (Å²) in [5.41, 5.74) is 5.32. The summed E-state index contributed by atoms with van der Waals surface area (Å²) in [5.74, 6) is 0.249. The van der Waals surface area contributed by atoms with E-state index < -0.39 is 30.5 Å². The Kier molecular flexibility index (Phi) is 5.80. The van der Waals surface area contributed by atoms with Crippen LogP contribution in [-0.2, 0) is 17.5 Å². The Hall–Kier alpha value is -2.27. The third-order valence-electron chi connectivity index (χ3n) is 7.18. The van der Waals surface area contributed by atoms with Crippen molar-refractivity contribution in [2.75, 3.05) is 32.0 Å². The molecule has 3 aliphatic rings. The predicted octanol–water partition coefficient (Wildman–Crippen LogP) is 4.03. The number of hydrogen-bond donors (Lipinski definition) is 1. The van der Waals surface area contributed by atoms with Crippen molar-refractivity contribution >= 4 is 5.82 Å². The smallest absolute Gasteiger partial charge is 0.383 e. The summed E-state index contributed by atoms with van der Waals surface area (Å²) < 4.78 is 73.1. The average molecular weight is 471 g/mol. The SMILES string of the molecule is Nc1ncc(-c2cc([C@@H]3[C@@H]4C[C@@H](N5CCCOCC5)C[C@@H]43)n(CC(F)F)n2)cc1C(F)(F)F. The molecule has 1 saturated heterocycles. The summed E-state index contributed by atoms with van der Waals surface area (Å²) in [5, 5.41) is 4.24. The van der Waals surface area contributed by atoms with Gasteiger partial charge in [-0.3, -0.25) is 9.58 Å². The van der Waals surface area contributed by atoms with Crippen molar-refractivity contribution < 1.29 is 26.7 Å². The van der Waals surface area contributed by atoms with E-state index in [-0.39, 0.29) is 17.2 Å². The Morgan fingerprint density at radius 2 is 1.88 bits per heavy atom. The number of nitrogens with zero attached hydrogens (tertiary/aromatic N) is 4. The van der Waals surface area contributed by atoms with Gasteiger partial charge >= 0.3 is 6.18 Å². The van der Waals surface area contributed by atoms with Crippen LogP contribution >= 0.6 is 0 Å². The molecule has 6 nitrogen and oxygen atoms in total. The fraction of sp³-hybridized carbons (Fsp3) is 0.636. The number of halogens is 5. The monoisotopic (exact) mass is 471 g/mol. The highest BCUT2D eigenvalue weighted by atomic mass is 19.4. The van der Waals surface area contributed by atoms with Gasteiger partial charge in [0.25, 0.3) is 6.43 Å². The van der Waals surface area contributed by atoms with Crippen LogP contribution < -0.4 is 5.73 Å². The molecule has 33 heavy (non-hydrogen) atoms. The Bertz CT molecular complexity index is 990. The minimum absolute atomic E-state index is 0.105. The number of nitrogens with two attached hydrogens (primary N) is 1. The molecular weight excluding hydrogens is 445 g/mol. The lowest BCUT2D eigenvalue weighted by Gasteiger charge is -2.28. The highest BCUT2D eigenvalue weighted by Crippen LogP contribution is 2.64. The van der Waals surface area contributed by atoms with Crippen LogP contribution in [0.5, 0.6) is 0 Å². The van der Waals surface area contributed by atoms with E-state index >= 15 is 0 Å². The van der Waals surface area contributed by atoms with Crippen molar-refractivity contribution in [1.82, 2.24) is 19.7 Å². The number of ether oxygens (including phenoxy) is 1. The largest absolute Gasteiger partial charge is 0.419 e. The minimum atomic E-state index is -4.66. The summed E-state index contributed by atoms with van der Waals surface area (Å²) in [6.45, 7) is 2.84. The van der Waals surface area contributed by atoms with Gasteiger partial charge in [0.1, 0.15) is 12.4 Å². The lowest BCUT2D eigenvalue weighted by Crippen LogP contribution is -2.36. The number of hydrogen-bond acceptors (Lipinski definition) is 5. The molecule has 11 heteroatoms. The molecule has 2 N–H and O–H groups in total. The van der Waals surface area contributed by atoms with Crippen molar-refractivity contribution in [2.45, 2.75) is 50.4 Å². The van der Waals surface area contributed by atoms with E-state index in [9.17, 15) is 22.0 Å². The molecule has 0 aromatic carbocycles. The molecule has 5 rings (SSSR count). The van der Waals surface area contributed by atoms with Crippen LogP contribution in [0.1, 0.15) is 36.4 Å². The molecule has 2 saturated carbocycles. The molecule has 0 bridgehead atoms. The molecule has 180 valence electrons. The van der Waals surface area contributed by atoms with E-state index in [1.807, 2.05) is 0 Å². The molecule has 3 heterocycles. The lowest BCUT2D eigenvalue weighted by molar-refractivity contribution is -0.137. The molecule has 0 unspecified atom stereocenters. The van der Waals surface area contributed by atoms with E-state index in [2.05, 4.69) is 15.0 Å². The van der Waals surface area contributed by atoms with E-state index in [0.717, 1.165) is 51.6 Å². The zero-order valence-electron chi connectivity index (χ0n) is 17.9. The van der Waals surface area contributed by atoms with Crippen molar-refractivity contribution in [3.8, 4) is 11.3 Å². The number of pyridine rings is 1. The van der Waals surface area contributed by atoms with Crippen LogP contribution in [0.25, 0.3) is 11.3 Å². The predicted molar refractivity (Wildman–Crippen MR) is 111 cm³/mol. The highest BCUT2D eigenvalue weighted by Gasteiger charge is 2.58. The number of fused-ring (bicyclic) bond motifs is 1. The van der Waals surface area contributed by atoms with Crippen LogP contribution in [-0.4, -0.2) is 58.4 Å². The highest BCUT2D eigenvalue weighted by molar-refractivity contribution is 5.63. The van der Waals surface area contributed by atoms with Gasteiger partial charge in [-0.1, -0.05) is 0 Å². The number of nitrogen functional groups attached to an aromatic ring is 1. The maximum absolute atomic E-state index is 13.3.